The molecule has 24 heavy (non-hydrogen) atoms. The SMILES string of the molecule is Cc1nc(NC(=O)c2c(F)cc(Br)cc2F)n(-c2ccccc2)n1. The van der Waals surface area contributed by atoms with E-state index in [0.717, 1.165) is 12.1 Å². The van der Waals surface area contributed by atoms with Gasteiger partial charge in [-0.2, -0.15) is 9.67 Å². The van der Waals surface area contributed by atoms with E-state index in [2.05, 4.69) is 31.3 Å². The van der Waals surface area contributed by atoms with Gasteiger partial charge in [0.25, 0.3) is 5.91 Å². The number of halogens is 3. The summed E-state index contributed by atoms with van der Waals surface area (Å²) in [6.07, 6.45) is 0. The summed E-state index contributed by atoms with van der Waals surface area (Å²) in [6.45, 7) is 1.65. The number of aryl methyl sites for hydroxylation is 1. The zero-order chi connectivity index (χ0) is 17.3. The predicted octanol–water partition coefficient (Wildman–Crippen LogP) is 3.87. The van der Waals surface area contributed by atoms with E-state index >= 15 is 0 Å². The third-order valence-corrected chi connectivity index (χ3v) is 3.63. The summed E-state index contributed by atoms with van der Waals surface area (Å²) in [6, 6.07) is 11.0. The topological polar surface area (TPSA) is 59.8 Å². The molecule has 0 saturated heterocycles. The molecule has 1 amide bonds. The lowest BCUT2D eigenvalue weighted by Crippen LogP contribution is -2.19. The van der Waals surface area contributed by atoms with Gasteiger partial charge in [0.2, 0.25) is 5.95 Å². The highest BCUT2D eigenvalue weighted by atomic mass is 79.9. The van der Waals surface area contributed by atoms with Crippen molar-refractivity contribution in [2.45, 2.75) is 6.92 Å². The molecular formula is C16H11BrF2N4O. The zero-order valence-electron chi connectivity index (χ0n) is 12.4. The van der Waals surface area contributed by atoms with Crippen molar-refractivity contribution in [1.29, 1.82) is 0 Å². The van der Waals surface area contributed by atoms with Crippen molar-refractivity contribution >= 4 is 27.8 Å². The molecule has 1 N–H and O–H groups in total. The second-order valence-electron chi connectivity index (χ2n) is 4.93. The van der Waals surface area contributed by atoms with Crippen molar-refractivity contribution in [3.63, 3.8) is 0 Å². The Hall–Kier alpha value is -2.61. The summed E-state index contributed by atoms with van der Waals surface area (Å²) in [5, 5.41) is 6.58. The van der Waals surface area contributed by atoms with E-state index < -0.39 is 23.1 Å². The molecule has 0 aliphatic heterocycles. The number of amides is 1. The molecule has 0 saturated carbocycles. The van der Waals surface area contributed by atoms with Crippen molar-refractivity contribution in [2.24, 2.45) is 0 Å². The number of hydrogen-bond donors (Lipinski definition) is 1. The number of nitrogens with zero attached hydrogens (tertiary/aromatic N) is 3. The van der Waals surface area contributed by atoms with Gasteiger partial charge in [-0.05, 0) is 31.2 Å². The molecule has 0 unspecified atom stereocenters. The molecule has 3 rings (SSSR count). The third-order valence-electron chi connectivity index (χ3n) is 3.17. The van der Waals surface area contributed by atoms with Crippen molar-refractivity contribution in [2.75, 3.05) is 5.32 Å². The standard InChI is InChI=1S/C16H11BrF2N4O/c1-9-20-16(23(22-9)11-5-3-2-4-6-11)21-15(24)14-12(18)7-10(17)8-13(14)19/h2-8H,1H3,(H,20,21,22,24). The number of carbonyl (C=O) groups is 1. The lowest BCUT2D eigenvalue weighted by Gasteiger charge is -2.08. The number of rotatable bonds is 3. The number of aromatic nitrogens is 3. The Bertz CT molecular complexity index is 889. The molecule has 1 aromatic heterocycles. The third kappa shape index (κ3) is 3.18. The Kier molecular flexibility index (Phi) is 4.39. The lowest BCUT2D eigenvalue weighted by molar-refractivity contribution is 0.101. The molecule has 0 fully saturated rings. The Morgan fingerprint density at radius 1 is 1.17 bits per heavy atom. The number of para-hydroxylation sites is 1. The Labute approximate surface area is 144 Å². The molecule has 0 aliphatic rings. The van der Waals surface area contributed by atoms with Crippen LogP contribution in [0.3, 0.4) is 0 Å². The van der Waals surface area contributed by atoms with E-state index in [1.165, 1.54) is 4.68 Å². The first-order valence-electron chi connectivity index (χ1n) is 6.90. The van der Waals surface area contributed by atoms with E-state index in [1.807, 2.05) is 6.07 Å². The summed E-state index contributed by atoms with van der Waals surface area (Å²) in [4.78, 5) is 16.4. The van der Waals surface area contributed by atoms with Crippen LogP contribution in [-0.4, -0.2) is 20.7 Å². The van der Waals surface area contributed by atoms with Gasteiger partial charge in [0.15, 0.2) is 0 Å². The summed E-state index contributed by atoms with van der Waals surface area (Å²) < 4.78 is 29.4. The van der Waals surface area contributed by atoms with Gasteiger partial charge in [0, 0.05) is 4.47 Å². The highest BCUT2D eigenvalue weighted by molar-refractivity contribution is 9.10. The van der Waals surface area contributed by atoms with Crippen LogP contribution in [0.2, 0.25) is 0 Å². The number of hydrogen-bond acceptors (Lipinski definition) is 3. The van der Waals surface area contributed by atoms with E-state index in [4.69, 9.17) is 0 Å². The number of nitrogens with one attached hydrogen (secondary N) is 1. The normalized spacial score (nSPS) is 10.7. The first kappa shape index (κ1) is 16.3. The highest BCUT2D eigenvalue weighted by Gasteiger charge is 2.21. The molecule has 1 heterocycles. The van der Waals surface area contributed by atoms with Crippen molar-refractivity contribution in [1.82, 2.24) is 14.8 Å². The van der Waals surface area contributed by atoms with Crippen molar-refractivity contribution in [3.8, 4) is 5.69 Å². The van der Waals surface area contributed by atoms with Crippen LogP contribution in [0.4, 0.5) is 14.7 Å². The summed E-state index contributed by atoms with van der Waals surface area (Å²) >= 11 is 2.97. The van der Waals surface area contributed by atoms with Gasteiger partial charge in [-0.25, -0.2) is 8.78 Å². The van der Waals surface area contributed by atoms with Gasteiger partial charge in [0.1, 0.15) is 23.0 Å². The molecule has 0 radical (unpaired) electrons. The Morgan fingerprint density at radius 3 is 2.42 bits per heavy atom. The second kappa shape index (κ2) is 6.48. The van der Waals surface area contributed by atoms with Crippen LogP contribution < -0.4 is 5.32 Å². The Morgan fingerprint density at radius 2 is 1.79 bits per heavy atom. The first-order chi connectivity index (χ1) is 11.5. The van der Waals surface area contributed by atoms with Gasteiger partial charge in [-0.1, -0.05) is 34.1 Å². The summed E-state index contributed by atoms with van der Waals surface area (Å²) in [5.41, 5.74) is -0.0244. The number of benzene rings is 2. The number of anilines is 1. The molecule has 122 valence electrons. The number of carbonyl (C=O) groups excluding carboxylic acids is 1. The van der Waals surface area contributed by atoms with Crippen LogP contribution in [0.5, 0.6) is 0 Å². The average molecular weight is 393 g/mol. The van der Waals surface area contributed by atoms with E-state index in [0.29, 0.717) is 11.5 Å². The zero-order valence-corrected chi connectivity index (χ0v) is 14.0. The maximum atomic E-state index is 13.9. The molecule has 0 spiro atoms. The van der Waals surface area contributed by atoms with Gasteiger partial charge < -0.3 is 0 Å². The quantitative estimate of drug-likeness (QED) is 0.735. The van der Waals surface area contributed by atoms with E-state index in [9.17, 15) is 13.6 Å². The monoisotopic (exact) mass is 392 g/mol. The molecule has 5 nitrogen and oxygen atoms in total. The molecule has 0 aliphatic carbocycles. The minimum absolute atomic E-state index is 0.0745. The van der Waals surface area contributed by atoms with Crippen LogP contribution in [0.1, 0.15) is 16.2 Å². The maximum absolute atomic E-state index is 13.9. The average Bonchev–Trinajstić information content (AvgIpc) is 2.87. The second-order valence-corrected chi connectivity index (χ2v) is 5.84. The van der Waals surface area contributed by atoms with E-state index in [-0.39, 0.29) is 10.4 Å². The fraction of sp³-hybridized carbons (Fsp3) is 0.0625. The van der Waals surface area contributed by atoms with Crippen molar-refractivity contribution < 1.29 is 13.6 Å². The van der Waals surface area contributed by atoms with Crippen LogP contribution in [0, 0.1) is 18.6 Å². The van der Waals surface area contributed by atoms with Gasteiger partial charge in [-0.3, -0.25) is 10.1 Å². The molecule has 0 atom stereocenters. The molecular weight excluding hydrogens is 382 g/mol. The molecule has 0 bridgehead atoms. The maximum Gasteiger partial charge on any atom is 0.263 e. The van der Waals surface area contributed by atoms with E-state index in [1.54, 1.807) is 31.2 Å². The van der Waals surface area contributed by atoms with Gasteiger partial charge in [0.05, 0.1) is 5.69 Å². The Balaban J connectivity index is 1.97. The molecule has 8 heteroatoms. The first-order valence-corrected chi connectivity index (χ1v) is 7.70. The van der Waals surface area contributed by atoms with Crippen LogP contribution in [0.25, 0.3) is 5.69 Å². The fourth-order valence-corrected chi connectivity index (χ4v) is 2.57. The molecule has 3 aromatic rings. The van der Waals surface area contributed by atoms with Crippen LogP contribution >= 0.6 is 15.9 Å². The minimum atomic E-state index is -0.970. The predicted molar refractivity (Wildman–Crippen MR) is 88.1 cm³/mol. The van der Waals surface area contributed by atoms with Gasteiger partial charge >= 0.3 is 0 Å². The summed E-state index contributed by atoms with van der Waals surface area (Å²) in [7, 11) is 0. The van der Waals surface area contributed by atoms with Crippen molar-refractivity contribution in [3.05, 3.63) is 70.0 Å². The highest BCUT2D eigenvalue weighted by Crippen LogP contribution is 2.21. The molecule has 2 aromatic carbocycles. The lowest BCUT2D eigenvalue weighted by atomic mass is 10.2. The van der Waals surface area contributed by atoms with Crippen LogP contribution in [-0.2, 0) is 0 Å². The fourth-order valence-electron chi connectivity index (χ4n) is 2.17. The minimum Gasteiger partial charge on any atom is -0.290 e. The van der Waals surface area contributed by atoms with Crippen LogP contribution in [0.15, 0.2) is 46.9 Å². The smallest absolute Gasteiger partial charge is 0.263 e. The largest absolute Gasteiger partial charge is 0.290 e. The van der Waals surface area contributed by atoms with Gasteiger partial charge in [-0.15, -0.1) is 5.10 Å². The summed E-state index contributed by atoms with van der Waals surface area (Å²) in [5.74, 6) is -2.40.